The van der Waals surface area contributed by atoms with E-state index in [1.807, 2.05) is 24.3 Å². The molecular formula is C19H27N5O4. The van der Waals surface area contributed by atoms with E-state index in [2.05, 4.69) is 15.6 Å². The second-order valence-electron chi connectivity index (χ2n) is 6.57. The van der Waals surface area contributed by atoms with E-state index in [0.717, 1.165) is 16.5 Å². The fourth-order valence-corrected chi connectivity index (χ4v) is 3.01. The number of carboxylic acid groups (broad SMARTS) is 1. The summed E-state index contributed by atoms with van der Waals surface area (Å²) >= 11 is 0. The summed E-state index contributed by atoms with van der Waals surface area (Å²) in [4.78, 5) is 39.0. The van der Waals surface area contributed by atoms with E-state index in [9.17, 15) is 19.5 Å². The Labute approximate surface area is 162 Å². The number of aromatic amines is 1. The topological polar surface area (TPSA) is 163 Å². The highest BCUT2D eigenvalue weighted by molar-refractivity contribution is 5.91. The number of nitrogens with one attached hydrogen (secondary N) is 3. The van der Waals surface area contributed by atoms with Gasteiger partial charge >= 0.3 is 5.97 Å². The van der Waals surface area contributed by atoms with Gasteiger partial charge in [0.25, 0.3) is 0 Å². The van der Waals surface area contributed by atoms with Crippen molar-refractivity contribution in [2.75, 3.05) is 13.1 Å². The number of carbonyl (C=O) groups excluding carboxylic acids is 2. The van der Waals surface area contributed by atoms with E-state index in [1.54, 1.807) is 6.20 Å². The third kappa shape index (κ3) is 5.80. The van der Waals surface area contributed by atoms with Gasteiger partial charge in [-0.05, 0) is 37.4 Å². The quantitative estimate of drug-likeness (QED) is 0.293. The Balaban J connectivity index is 2.10. The standard InChI is InChI=1S/C19H27N5O4/c20-8-4-3-7-15(23-17(25)10-21)18(26)24-16(19(27)28)9-12-11-22-14-6-2-1-5-13(12)14/h1-2,5-6,11,15-16,22H,3-4,7-10,20-21H2,(H,23,25)(H,24,26)(H,27,28)/t15-,16-/m0/s1. The third-order valence-corrected chi connectivity index (χ3v) is 4.50. The monoisotopic (exact) mass is 389 g/mol. The minimum absolute atomic E-state index is 0.117. The Morgan fingerprint density at radius 2 is 1.82 bits per heavy atom. The van der Waals surface area contributed by atoms with Crippen LogP contribution in [0.15, 0.2) is 30.5 Å². The van der Waals surface area contributed by atoms with Gasteiger partial charge in [-0.25, -0.2) is 4.79 Å². The average Bonchev–Trinajstić information content (AvgIpc) is 3.09. The molecule has 28 heavy (non-hydrogen) atoms. The van der Waals surface area contributed by atoms with Gasteiger partial charge in [0.15, 0.2) is 0 Å². The lowest BCUT2D eigenvalue weighted by atomic mass is 10.0. The van der Waals surface area contributed by atoms with Crippen LogP contribution in [0, 0.1) is 0 Å². The van der Waals surface area contributed by atoms with Crippen LogP contribution in [-0.4, -0.2) is 53.0 Å². The second-order valence-corrected chi connectivity index (χ2v) is 6.57. The molecule has 9 heteroatoms. The maximum atomic E-state index is 12.6. The van der Waals surface area contributed by atoms with Crippen LogP contribution in [0.1, 0.15) is 24.8 Å². The van der Waals surface area contributed by atoms with Crippen LogP contribution in [0.4, 0.5) is 0 Å². The number of hydrogen-bond donors (Lipinski definition) is 6. The molecule has 1 heterocycles. The van der Waals surface area contributed by atoms with Crippen LogP contribution in [0.5, 0.6) is 0 Å². The van der Waals surface area contributed by atoms with Gasteiger partial charge in [0, 0.05) is 23.5 Å². The SMILES string of the molecule is NCCCC[C@H](NC(=O)CN)C(=O)N[C@@H](Cc1c[nH]c2ccccc12)C(=O)O. The molecule has 2 amide bonds. The van der Waals surface area contributed by atoms with Gasteiger partial charge in [-0.3, -0.25) is 9.59 Å². The molecule has 0 aliphatic carbocycles. The fraction of sp³-hybridized carbons (Fsp3) is 0.421. The molecule has 1 aromatic heterocycles. The van der Waals surface area contributed by atoms with E-state index in [0.29, 0.717) is 25.8 Å². The minimum atomic E-state index is -1.15. The number of unbranched alkanes of at least 4 members (excludes halogenated alkanes) is 1. The Hall–Kier alpha value is -2.91. The zero-order valence-corrected chi connectivity index (χ0v) is 15.6. The number of H-pyrrole nitrogens is 1. The summed E-state index contributed by atoms with van der Waals surface area (Å²) in [6.07, 6.45) is 3.53. The molecule has 152 valence electrons. The first-order valence-electron chi connectivity index (χ1n) is 9.24. The van der Waals surface area contributed by atoms with Crippen molar-refractivity contribution in [3.8, 4) is 0 Å². The Morgan fingerprint density at radius 3 is 2.50 bits per heavy atom. The molecule has 2 atom stereocenters. The van der Waals surface area contributed by atoms with Crippen molar-refractivity contribution in [1.82, 2.24) is 15.6 Å². The maximum absolute atomic E-state index is 12.6. The smallest absolute Gasteiger partial charge is 0.326 e. The van der Waals surface area contributed by atoms with E-state index < -0.39 is 29.9 Å². The number of fused-ring (bicyclic) bond motifs is 1. The van der Waals surface area contributed by atoms with Gasteiger partial charge in [-0.1, -0.05) is 18.2 Å². The second kappa shape index (κ2) is 10.4. The summed E-state index contributed by atoms with van der Waals surface area (Å²) in [5.74, 6) is -2.17. The van der Waals surface area contributed by atoms with Gasteiger partial charge in [0.2, 0.25) is 11.8 Å². The molecule has 0 saturated carbocycles. The van der Waals surface area contributed by atoms with Crippen molar-refractivity contribution in [3.63, 3.8) is 0 Å². The van der Waals surface area contributed by atoms with Gasteiger partial charge in [-0.2, -0.15) is 0 Å². The summed E-state index contributed by atoms with van der Waals surface area (Å²) in [5.41, 5.74) is 12.5. The molecule has 8 N–H and O–H groups in total. The molecule has 2 aromatic rings. The fourth-order valence-electron chi connectivity index (χ4n) is 3.01. The molecule has 2 rings (SSSR count). The first-order valence-corrected chi connectivity index (χ1v) is 9.24. The lowest BCUT2D eigenvalue weighted by Crippen LogP contribution is -2.53. The number of benzene rings is 1. The van der Waals surface area contributed by atoms with Crippen LogP contribution in [0.3, 0.4) is 0 Å². The largest absolute Gasteiger partial charge is 0.480 e. The molecule has 0 aliphatic rings. The predicted octanol–water partition coefficient (Wildman–Crippen LogP) is -0.148. The summed E-state index contributed by atoms with van der Waals surface area (Å²) in [6, 6.07) is 5.54. The molecule has 0 saturated heterocycles. The van der Waals surface area contributed by atoms with Gasteiger partial charge in [-0.15, -0.1) is 0 Å². The molecular weight excluding hydrogens is 362 g/mol. The number of amides is 2. The highest BCUT2D eigenvalue weighted by Gasteiger charge is 2.27. The van der Waals surface area contributed by atoms with E-state index in [-0.39, 0.29) is 13.0 Å². The van der Waals surface area contributed by atoms with Crippen molar-refractivity contribution >= 4 is 28.7 Å². The Kier molecular flexibility index (Phi) is 7.97. The van der Waals surface area contributed by atoms with Gasteiger partial charge in [0.1, 0.15) is 12.1 Å². The number of nitrogens with two attached hydrogens (primary N) is 2. The highest BCUT2D eigenvalue weighted by atomic mass is 16.4. The number of para-hydroxylation sites is 1. The first-order chi connectivity index (χ1) is 13.5. The van der Waals surface area contributed by atoms with E-state index >= 15 is 0 Å². The highest BCUT2D eigenvalue weighted by Crippen LogP contribution is 2.19. The number of carbonyl (C=O) groups is 3. The zero-order valence-electron chi connectivity index (χ0n) is 15.6. The predicted molar refractivity (Wildman–Crippen MR) is 105 cm³/mol. The van der Waals surface area contributed by atoms with Crippen molar-refractivity contribution < 1.29 is 19.5 Å². The van der Waals surface area contributed by atoms with Crippen molar-refractivity contribution in [3.05, 3.63) is 36.0 Å². The number of rotatable bonds is 11. The van der Waals surface area contributed by atoms with Crippen molar-refractivity contribution in [2.24, 2.45) is 11.5 Å². The molecule has 0 unspecified atom stereocenters. The molecule has 1 aromatic carbocycles. The molecule has 9 nitrogen and oxygen atoms in total. The first kappa shape index (κ1) is 21.4. The lowest BCUT2D eigenvalue weighted by Gasteiger charge is -2.21. The zero-order chi connectivity index (χ0) is 20.5. The summed E-state index contributed by atoms with van der Waals surface area (Å²) < 4.78 is 0. The number of carboxylic acids is 1. The number of aromatic nitrogens is 1. The van der Waals surface area contributed by atoms with E-state index in [1.165, 1.54) is 0 Å². The van der Waals surface area contributed by atoms with Crippen molar-refractivity contribution in [1.29, 1.82) is 0 Å². The number of hydrogen-bond acceptors (Lipinski definition) is 5. The Bertz CT molecular complexity index is 820. The lowest BCUT2D eigenvalue weighted by molar-refractivity contribution is -0.142. The Morgan fingerprint density at radius 1 is 1.07 bits per heavy atom. The third-order valence-electron chi connectivity index (χ3n) is 4.50. The molecule has 0 spiro atoms. The van der Waals surface area contributed by atoms with Crippen LogP contribution in [0.25, 0.3) is 10.9 Å². The average molecular weight is 389 g/mol. The summed E-state index contributed by atoms with van der Waals surface area (Å²) in [6.45, 7) is 0.218. The molecule has 0 radical (unpaired) electrons. The van der Waals surface area contributed by atoms with Crippen molar-refractivity contribution in [2.45, 2.75) is 37.8 Å². The van der Waals surface area contributed by atoms with Crippen LogP contribution in [0.2, 0.25) is 0 Å². The maximum Gasteiger partial charge on any atom is 0.326 e. The minimum Gasteiger partial charge on any atom is -0.480 e. The molecule has 0 fully saturated rings. The summed E-state index contributed by atoms with van der Waals surface area (Å²) in [5, 5.41) is 15.5. The van der Waals surface area contributed by atoms with Gasteiger partial charge in [0.05, 0.1) is 6.54 Å². The molecule has 0 bridgehead atoms. The van der Waals surface area contributed by atoms with Crippen LogP contribution in [-0.2, 0) is 20.8 Å². The van der Waals surface area contributed by atoms with E-state index in [4.69, 9.17) is 11.5 Å². The van der Waals surface area contributed by atoms with Gasteiger partial charge < -0.3 is 32.2 Å². The van der Waals surface area contributed by atoms with Crippen LogP contribution >= 0.6 is 0 Å². The van der Waals surface area contributed by atoms with Crippen LogP contribution < -0.4 is 22.1 Å². The normalized spacial score (nSPS) is 13.1. The molecule has 0 aliphatic heterocycles. The summed E-state index contributed by atoms with van der Waals surface area (Å²) in [7, 11) is 0. The number of aliphatic carboxylic acids is 1.